The summed E-state index contributed by atoms with van der Waals surface area (Å²) in [5.74, 6) is 1.80. The van der Waals surface area contributed by atoms with Crippen molar-refractivity contribution < 1.29 is 4.74 Å². The minimum absolute atomic E-state index is 0.466. The number of rotatable bonds is 2. The van der Waals surface area contributed by atoms with Crippen molar-refractivity contribution in [3.8, 4) is 17.1 Å². The van der Waals surface area contributed by atoms with E-state index in [0.29, 0.717) is 11.6 Å². The molecule has 0 amide bonds. The number of hydrogen-bond donors (Lipinski definition) is 1. The molecule has 2 N–H and O–H groups in total. The maximum atomic E-state index is 5.70. The molecule has 4 nitrogen and oxygen atoms in total. The number of aromatic nitrogens is 2. The van der Waals surface area contributed by atoms with Crippen LogP contribution in [0.3, 0.4) is 0 Å². The van der Waals surface area contributed by atoms with Crippen LogP contribution in [0.1, 0.15) is 5.69 Å². The monoisotopic (exact) mass is 215 g/mol. The fraction of sp³-hybridized carbons (Fsp3) is 0.167. The van der Waals surface area contributed by atoms with Crippen molar-refractivity contribution in [1.29, 1.82) is 0 Å². The molecule has 0 spiro atoms. The lowest BCUT2D eigenvalue weighted by molar-refractivity contribution is 0.416. The average molecular weight is 215 g/mol. The number of ether oxygens (including phenoxy) is 1. The van der Waals surface area contributed by atoms with Crippen LogP contribution in [-0.2, 0) is 0 Å². The third-order valence-electron chi connectivity index (χ3n) is 2.22. The normalized spacial score (nSPS) is 10.1. The number of nitrogens with two attached hydrogens (primary N) is 1. The van der Waals surface area contributed by atoms with E-state index in [0.717, 1.165) is 17.0 Å². The van der Waals surface area contributed by atoms with Crippen molar-refractivity contribution in [3.05, 3.63) is 36.0 Å². The Morgan fingerprint density at radius 1 is 1.19 bits per heavy atom. The first-order valence-electron chi connectivity index (χ1n) is 4.95. The number of methoxy groups -OCH3 is 1. The second-order valence-electron chi connectivity index (χ2n) is 3.46. The van der Waals surface area contributed by atoms with E-state index in [9.17, 15) is 0 Å². The summed E-state index contributed by atoms with van der Waals surface area (Å²) >= 11 is 0. The summed E-state index contributed by atoms with van der Waals surface area (Å²) < 4.78 is 5.26. The maximum absolute atomic E-state index is 5.70. The Bertz CT molecular complexity index is 491. The molecule has 0 saturated heterocycles. The van der Waals surface area contributed by atoms with E-state index in [1.165, 1.54) is 0 Å². The van der Waals surface area contributed by atoms with Crippen LogP contribution in [0.25, 0.3) is 11.4 Å². The van der Waals surface area contributed by atoms with Gasteiger partial charge < -0.3 is 10.5 Å². The minimum Gasteiger partial charge on any atom is -0.496 e. The minimum atomic E-state index is 0.466. The molecule has 2 aromatic rings. The Labute approximate surface area is 94.1 Å². The summed E-state index contributed by atoms with van der Waals surface area (Å²) in [6.45, 7) is 1.89. The Balaban J connectivity index is 2.58. The van der Waals surface area contributed by atoms with Crippen molar-refractivity contribution in [2.75, 3.05) is 12.8 Å². The zero-order chi connectivity index (χ0) is 11.5. The van der Waals surface area contributed by atoms with Crippen LogP contribution in [0.5, 0.6) is 5.75 Å². The van der Waals surface area contributed by atoms with E-state index in [-0.39, 0.29) is 0 Å². The van der Waals surface area contributed by atoms with Gasteiger partial charge in [0.15, 0.2) is 5.82 Å². The van der Waals surface area contributed by atoms with Crippen molar-refractivity contribution in [2.24, 2.45) is 0 Å². The van der Waals surface area contributed by atoms with Crippen LogP contribution in [-0.4, -0.2) is 17.1 Å². The molecule has 1 aromatic carbocycles. The van der Waals surface area contributed by atoms with Crippen molar-refractivity contribution in [2.45, 2.75) is 6.92 Å². The van der Waals surface area contributed by atoms with E-state index in [4.69, 9.17) is 10.5 Å². The van der Waals surface area contributed by atoms with Crippen molar-refractivity contribution in [1.82, 2.24) is 9.97 Å². The molecule has 1 aromatic heterocycles. The Kier molecular flexibility index (Phi) is 2.72. The first-order chi connectivity index (χ1) is 7.70. The Morgan fingerprint density at radius 3 is 2.62 bits per heavy atom. The van der Waals surface area contributed by atoms with Gasteiger partial charge in [0.05, 0.1) is 12.7 Å². The molecule has 0 saturated carbocycles. The third-order valence-corrected chi connectivity index (χ3v) is 2.22. The summed E-state index contributed by atoms with van der Waals surface area (Å²) in [7, 11) is 1.62. The fourth-order valence-corrected chi connectivity index (χ4v) is 1.54. The van der Waals surface area contributed by atoms with Gasteiger partial charge in [0.1, 0.15) is 11.6 Å². The summed E-state index contributed by atoms with van der Waals surface area (Å²) in [5.41, 5.74) is 7.39. The van der Waals surface area contributed by atoms with Gasteiger partial charge in [-0.2, -0.15) is 0 Å². The molecule has 0 aliphatic rings. The quantitative estimate of drug-likeness (QED) is 0.832. The highest BCUT2D eigenvalue weighted by atomic mass is 16.5. The van der Waals surface area contributed by atoms with Gasteiger partial charge in [0, 0.05) is 11.8 Å². The first-order valence-corrected chi connectivity index (χ1v) is 4.95. The first kappa shape index (κ1) is 10.4. The molecule has 0 aliphatic heterocycles. The van der Waals surface area contributed by atoms with Crippen LogP contribution in [0.2, 0.25) is 0 Å². The number of hydrogen-bond acceptors (Lipinski definition) is 4. The van der Waals surface area contributed by atoms with Gasteiger partial charge in [-0.15, -0.1) is 0 Å². The van der Waals surface area contributed by atoms with Crippen LogP contribution in [0.15, 0.2) is 30.3 Å². The predicted octanol–water partition coefficient (Wildman–Crippen LogP) is 2.04. The summed E-state index contributed by atoms with van der Waals surface area (Å²) in [5, 5.41) is 0. The van der Waals surface area contributed by atoms with Crippen LogP contribution in [0.4, 0.5) is 5.82 Å². The van der Waals surface area contributed by atoms with E-state index in [2.05, 4.69) is 9.97 Å². The van der Waals surface area contributed by atoms with E-state index < -0.39 is 0 Å². The molecule has 2 rings (SSSR count). The highest BCUT2D eigenvalue weighted by molar-refractivity contribution is 5.65. The summed E-state index contributed by atoms with van der Waals surface area (Å²) in [6, 6.07) is 9.34. The number of aryl methyl sites for hydroxylation is 1. The smallest absolute Gasteiger partial charge is 0.165 e. The summed E-state index contributed by atoms with van der Waals surface area (Å²) in [6.07, 6.45) is 0. The topological polar surface area (TPSA) is 61.0 Å². The molecule has 0 unspecified atom stereocenters. The summed E-state index contributed by atoms with van der Waals surface area (Å²) in [4.78, 5) is 8.54. The SMILES string of the molecule is COc1ccccc1-c1nc(C)cc(N)n1. The Morgan fingerprint density at radius 2 is 1.94 bits per heavy atom. The molecule has 0 atom stereocenters. The van der Waals surface area contributed by atoms with Gasteiger partial charge in [0.2, 0.25) is 0 Å². The third kappa shape index (κ3) is 1.95. The number of nitrogens with zero attached hydrogens (tertiary/aromatic N) is 2. The lowest BCUT2D eigenvalue weighted by Gasteiger charge is -2.07. The van der Waals surface area contributed by atoms with Gasteiger partial charge in [0.25, 0.3) is 0 Å². The molecule has 1 heterocycles. The van der Waals surface area contributed by atoms with Gasteiger partial charge in [-0.25, -0.2) is 9.97 Å². The largest absolute Gasteiger partial charge is 0.496 e. The van der Waals surface area contributed by atoms with Gasteiger partial charge in [-0.1, -0.05) is 12.1 Å². The molecule has 16 heavy (non-hydrogen) atoms. The molecule has 82 valence electrons. The van der Waals surface area contributed by atoms with E-state index in [1.54, 1.807) is 13.2 Å². The van der Waals surface area contributed by atoms with Gasteiger partial charge in [-0.05, 0) is 19.1 Å². The number of anilines is 1. The molecule has 0 fully saturated rings. The zero-order valence-corrected chi connectivity index (χ0v) is 9.27. The predicted molar refractivity (Wildman–Crippen MR) is 63.2 cm³/mol. The van der Waals surface area contributed by atoms with Gasteiger partial charge >= 0.3 is 0 Å². The van der Waals surface area contributed by atoms with E-state index in [1.807, 2.05) is 31.2 Å². The van der Waals surface area contributed by atoms with Gasteiger partial charge in [-0.3, -0.25) is 0 Å². The maximum Gasteiger partial charge on any atom is 0.165 e. The molecular formula is C12H13N3O. The fourth-order valence-electron chi connectivity index (χ4n) is 1.54. The van der Waals surface area contributed by atoms with E-state index >= 15 is 0 Å². The van der Waals surface area contributed by atoms with Crippen molar-refractivity contribution >= 4 is 5.82 Å². The molecule has 0 radical (unpaired) electrons. The molecular weight excluding hydrogens is 202 g/mol. The Hall–Kier alpha value is -2.10. The highest BCUT2D eigenvalue weighted by Gasteiger charge is 2.08. The highest BCUT2D eigenvalue weighted by Crippen LogP contribution is 2.27. The average Bonchev–Trinajstić information content (AvgIpc) is 2.27. The number of benzene rings is 1. The standard InChI is InChI=1S/C12H13N3O/c1-8-7-11(13)15-12(14-8)9-5-3-4-6-10(9)16-2/h3-7H,1-2H3,(H2,13,14,15). The lowest BCUT2D eigenvalue weighted by atomic mass is 10.2. The lowest BCUT2D eigenvalue weighted by Crippen LogP contribution is -1.98. The zero-order valence-electron chi connectivity index (χ0n) is 9.27. The molecule has 4 heteroatoms. The molecule has 0 bridgehead atoms. The van der Waals surface area contributed by atoms with Crippen LogP contribution < -0.4 is 10.5 Å². The van der Waals surface area contributed by atoms with Crippen LogP contribution >= 0.6 is 0 Å². The number of para-hydroxylation sites is 1. The van der Waals surface area contributed by atoms with Crippen LogP contribution in [0, 0.1) is 6.92 Å². The second-order valence-corrected chi connectivity index (χ2v) is 3.46. The number of nitrogen functional groups attached to an aromatic ring is 1. The van der Waals surface area contributed by atoms with Crippen molar-refractivity contribution in [3.63, 3.8) is 0 Å². The molecule has 0 aliphatic carbocycles. The second kappa shape index (κ2) is 4.18.